The van der Waals surface area contributed by atoms with Crippen molar-refractivity contribution in [3.63, 3.8) is 0 Å². The number of aromatic nitrogens is 2. The predicted molar refractivity (Wildman–Crippen MR) is 52.9 cm³/mol. The molecule has 0 aliphatic carbocycles. The normalized spacial score (nSPS) is 10.7. The Kier molecular flexibility index (Phi) is 1.93. The summed E-state index contributed by atoms with van der Waals surface area (Å²) in [6.07, 6.45) is 0.385. The molecule has 0 saturated carbocycles. The van der Waals surface area contributed by atoms with Crippen LogP contribution in [0.4, 0.5) is 4.79 Å². The summed E-state index contributed by atoms with van der Waals surface area (Å²) in [5.41, 5.74) is 1.39. The predicted octanol–water partition coefficient (Wildman–Crippen LogP) is 2.52. The molecule has 72 valence electrons. The molecule has 0 aliphatic rings. The fourth-order valence-electron chi connectivity index (χ4n) is 1.30. The van der Waals surface area contributed by atoms with Gasteiger partial charge in [0.15, 0.2) is 0 Å². The molecule has 2 aromatic rings. The summed E-state index contributed by atoms with van der Waals surface area (Å²) in [5.74, 6) is 0. The number of nitrogens with zero attached hydrogens (tertiary/aromatic N) is 2. The van der Waals surface area contributed by atoms with Crippen molar-refractivity contribution >= 4 is 28.6 Å². The molecule has 14 heavy (non-hydrogen) atoms. The van der Waals surface area contributed by atoms with Crippen LogP contribution in [0, 0.1) is 6.92 Å². The van der Waals surface area contributed by atoms with Crippen molar-refractivity contribution < 1.29 is 9.90 Å². The van der Waals surface area contributed by atoms with Crippen LogP contribution in [0.3, 0.4) is 0 Å². The van der Waals surface area contributed by atoms with Gasteiger partial charge in [0.1, 0.15) is 0 Å². The van der Waals surface area contributed by atoms with E-state index < -0.39 is 6.09 Å². The highest BCUT2D eigenvalue weighted by Gasteiger charge is 2.09. The quantitative estimate of drug-likeness (QED) is 0.727. The molecule has 0 radical (unpaired) electrons. The Morgan fingerprint density at radius 1 is 1.57 bits per heavy atom. The molecule has 0 unspecified atom stereocenters. The highest BCUT2D eigenvalue weighted by atomic mass is 35.5. The van der Waals surface area contributed by atoms with E-state index in [0.29, 0.717) is 10.5 Å². The van der Waals surface area contributed by atoms with Gasteiger partial charge in [-0.05, 0) is 24.6 Å². The molecule has 5 heteroatoms. The molecule has 2 rings (SSSR count). The van der Waals surface area contributed by atoms with Crippen molar-refractivity contribution in [2.45, 2.75) is 6.92 Å². The van der Waals surface area contributed by atoms with Crippen LogP contribution in [-0.4, -0.2) is 21.0 Å². The Labute approximate surface area is 84.7 Å². The summed E-state index contributed by atoms with van der Waals surface area (Å²) in [6.45, 7) is 1.82. The highest BCUT2D eigenvalue weighted by Crippen LogP contribution is 2.22. The van der Waals surface area contributed by atoms with Gasteiger partial charge in [0, 0.05) is 10.4 Å². The second-order valence-corrected chi connectivity index (χ2v) is 3.41. The number of carbonyl (C=O) groups is 1. The number of fused-ring (bicyclic) bond motifs is 1. The maximum absolute atomic E-state index is 10.7. The van der Waals surface area contributed by atoms with Gasteiger partial charge >= 0.3 is 6.09 Å². The van der Waals surface area contributed by atoms with E-state index in [2.05, 4.69) is 5.10 Å². The summed E-state index contributed by atoms with van der Waals surface area (Å²) in [7, 11) is 0. The first-order chi connectivity index (χ1) is 6.59. The van der Waals surface area contributed by atoms with Crippen molar-refractivity contribution in [1.82, 2.24) is 9.78 Å². The maximum Gasteiger partial charge on any atom is 0.432 e. The highest BCUT2D eigenvalue weighted by molar-refractivity contribution is 6.32. The number of hydrogen-bond acceptors (Lipinski definition) is 2. The fraction of sp³-hybridized carbons (Fsp3) is 0.111. The molecule has 0 fully saturated rings. The van der Waals surface area contributed by atoms with Crippen molar-refractivity contribution in [3.8, 4) is 0 Å². The Hall–Kier alpha value is -1.55. The van der Waals surface area contributed by atoms with Crippen LogP contribution in [0.1, 0.15) is 5.56 Å². The van der Waals surface area contributed by atoms with Gasteiger partial charge < -0.3 is 5.11 Å². The zero-order valence-electron chi connectivity index (χ0n) is 7.36. The molecule has 0 amide bonds. The molecule has 1 aromatic heterocycles. The van der Waals surface area contributed by atoms with E-state index in [0.717, 1.165) is 15.6 Å². The Balaban J connectivity index is 2.80. The number of hydrogen-bond donors (Lipinski definition) is 1. The molecular formula is C9H7ClN2O2. The lowest BCUT2D eigenvalue weighted by Crippen LogP contribution is -2.08. The van der Waals surface area contributed by atoms with Gasteiger partial charge in [-0.3, -0.25) is 0 Å². The molecule has 1 heterocycles. The van der Waals surface area contributed by atoms with E-state index in [-0.39, 0.29) is 0 Å². The van der Waals surface area contributed by atoms with Crippen LogP contribution in [0.5, 0.6) is 0 Å². The zero-order chi connectivity index (χ0) is 10.3. The molecule has 0 saturated heterocycles. The molecule has 0 spiro atoms. The Morgan fingerprint density at radius 2 is 2.29 bits per heavy atom. The lowest BCUT2D eigenvalue weighted by molar-refractivity contribution is 0.194. The minimum Gasteiger partial charge on any atom is -0.463 e. The van der Waals surface area contributed by atoms with Gasteiger partial charge in [0.2, 0.25) is 0 Å². The monoisotopic (exact) mass is 210 g/mol. The standard InChI is InChI=1S/C9H7ClN2O2/c1-5-2-8-6(3-7(5)10)4-11-12(8)9(13)14/h2-4H,1H3,(H,13,14). The molecular weight excluding hydrogens is 204 g/mol. The van der Waals surface area contributed by atoms with Gasteiger partial charge in [-0.25, -0.2) is 4.79 Å². The summed E-state index contributed by atoms with van der Waals surface area (Å²) >= 11 is 5.89. The second-order valence-electron chi connectivity index (χ2n) is 3.00. The van der Waals surface area contributed by atoms with Gasteiger partial charge in [0.25, 0.3) is 0 Å². The average Bonchev–Trinajstić information content (AvgIpc) is 2.48. The first-order valence-electron chi connectivity index (χ1n) is 3.97. The average molecular weight is 211 g/mol. The summed E-state index contributed by atoms with van der Waals surface area (Å²) in [5, 5.41) is 13.9. The Morgan fingerprint density at radius 3 is 2.93 bits per heavy atom. The minimum absolute atomic E-state index is 0.555. The fourth-order valence-corrected chi connectivity index (χ4v) is 1.48. The number of halogens is 1. The third-order valence-corrected chi connectivity index (χ3v) is 2.44. The Bertz CT molecular complexity index is 519. The van der Waals surface area contributed by atoms with E-state index in [1.54, 1.807) is 12.1 Å². The van der Waals surface area contributed by atoms with E-state index >= 15 is 0 Å². The maximum atomic E-state index is 10.7. The van der Waals surface area contributed by atoms with E-state index in [4.69, 9.17) is 16.7 Å². The smallest absolute Gasteiger partial charge is 0.432 e. The van der Waals surface area contributed by atoms with Gasteiger partial charge in [-0.15, -0.1) is 0 Å². The summed E-state index contributed by atoms with van der Waals surface area (Å²) in [6, 6.07) is 3.41. The van der Waals surface area contributed by atoms with Gasteiger partial charge in [-0.1, -0.05) is 11.6 Å². The molecule has 1 aromatic carbocycles. The molecule has 4 nitrogen and oxygen atoms in total. The molecule has 0 atom stereocenters. The van der Waals surface area contributed by atoms with Crippen LogP contribution >= 0.6 is 11.6 Å². The zero-order valence-corrected chi connectivity index (χ0v) is 8.12. The SMILES string of the molecule is Cc1cc2c(cnn2C(=O)O)cc1Cl. The van der Waals surface area contributed by atoms with Crippen molar-refractivity contribution in [1.29, 1.82) is 0 Å². The van der Waals surface area contributed by atoms with Gasteiger partial charge in [0.05, 0.1) is 11.7 Å². The van der Waals surface area contributed by atoms with Gasteiger partial charge in [-0.2, -0.15) is 9.78 Å². The van der Waals surface area contributed by atoms with Crippen LogP contribution in [-0.2, 0) is 0 Å². The van der Waals surface area contributed by atoms with Crippen molar-refractivity contribution in [2.75, 3.05) is 0 Å². The van der Waals surface area contributed by atoms with Crippen LogP contribution in [0.25, 0.3) is 10.9 Å². The van der Waals surface area contributed by atoms with Crippen LogP contribution in [0.15, 0.2) is 18.3 Å². The minimum atomic E-state index is -1.10. The molecule has 1 N–H and O–H groups in total. The molecule has 0 bridgehead atoms. The van der Waals surface area contributed by atoms with Crippen LogP contribution in [0.2, 0.25) is 5.02 Å². The third kappa shape index (κ3) is 1.24. The number of rotatable bonds is 0. The lowest BCUT2D eigenvalue weighted by atomic mass is 10.2. The number of aryl methyl sites for hydroxylation is 1. The first-order valence-corrected chi connectivity index (χ1v) is 4.34. The third-order valence-electron chi connectivity index (χ3n) is 2.03. The molecule has 0 aliphatic heterocycles. The number of benzene rings is 1. The largest absolute Gasteiger partial charge is 0.463 e. The van der Waals surface area contributed by atoms with Crippen molar-refractivity contribution in [2.24, 2.45) is 0 Å². The summed E-state index contributed by atoms with van der Waals surface area (Å²) < 4.78 is 0.929. The van der Waals surface area contributed by atoms with E-state index in [9.17, 15) is 4.79 Å². The first kappa shape index (κ1) is 9.02. The van der Waals surface area contributed by atoms with E-state index in [1.807, 2.05) is 6.92 Å². The van der Waals surface area contributed by atoms with Crippen molar-refractivity contribution in [3.05, 3.63) is 28.9 Å². The lowest BCUT2D eigenvalue weighted by Gasteiger charge is -1.99. The topological polar surface area (TPSA) is 55.1 Å². The second kappa shape index (κ2) is 2.99. The van der Waals surface area contributed by atoms with E-state index in [1.165, 1.54) is 6.20 Å². The number of carboxylic acid groups (broad SMARTS) is 1. The summed E-state index contributed by atoms with van der Waals surface area (Å²) in [4.78, 5) is 10.7. The van der Waals surface area contributed by atoms with Crippen LogP contribution < -0.4 is 0 Å².